The molecule has 4 amide bonds. The Hall–Kier alpha value is -3.14. The molecule has 0 bridgehead atoms. The zero-order chi connectivity index (χ0) is 20.5. The lowest BCUT2D eigenvalue weighted by Gasteiger charge is -2.29. The molecule has 0 spiro atoms. The maximum absolute atomic E-state index is 12.8. The van der Waals surface area contributed by atoms with Gasteiger partial charge in [-0.1, -0.05) is 0 Å². The fraction of sp³-hybridized carbons (Fsp3) is 0.368. The monoisotopic (exact) mass is 416 g/mol. The first-order valence-electron chi connectivity index (χ1n) is 9.07. The minimum absolute atomic E-state index is 0.0201. The second-order valence-electron chi connectivity index (χ2n) is 6.73. The number of aromatic nitrogens is 1. The van der Waals surface area contributed by atoms with E-state index in [1.54, 1.807) is 30.7 Å². The zero-order valence-electron chi connectivity index (χ0n) is 16.0. The van der Waals surface area contributed by atoms with Crippen LogP contribution in [0.2, 0.25) is 0 Å². The standard InChI is InChI=1S/C19H20N4O5S/c1-27-14-8-11-7-13-17(25)22(5-3-16(24)21-18-20-4-6-29-18)19(26)23(13)10-12(11)9-15(14)28-2/h4,6,8-9,13H,3,5,7,10H2,1-2H3,(H,20,21,24). The molecule has 10 heteroatoms. The molecular weight excluding hydrogens is 396 g/mol. The van der Waals surface area contributed by atoms with Gasteiger partial charge in [0.1, 0.15) is 6.04 Å². The summed E-state index contributed by atoms with van der Waals surface area (Å²) in [5, 5.41) is 4.90. The van der Waals surface area contributed by atoms with Crippen molar-refractivity contribution < 1.29 is 23.9 Å². The van der Waals surface area contributed by atoms with Crippen LogP contribution in [0.25, 0.3) is 0 Å². The van der Waals surface area contributed by atoms with Crippen molar-refractivity contribution in [3.05, 3.63) is 34.8 Å². The molecule has 29 heavy (non-hydrogen) atoms. The van der Waals surface area contributed by atoms with Crippen molar-refractivity contribution in [3.8, 4) is 11.5 Å². The van der Waals surface area contributed by atoms with Gasteiger partial charge in [0.05, 0.1) is 14.2 Å². The normalized spacial score (nSPS) is 17.8. The molecule has 0 saturated carbocycles. The molecule has 1 aromatic heterocycles. The number of nitrogens with one attached hydrogen (secondary N) is 1. The molecule has 1 N–H and O–H groups in total. The van der Waals surface area contributed by atoms with Crippen LogP contribution in [0, 0.1) is 0 Å². The number of hydrogen-bond donors (Lipinski definition) is 1. The van der Waals surface area contributed by atoms with Gasteiger partial charge in [0.15, 0.2) is 16.6 Å². The third-order valence-corrected chi connectivity index (χ3v) is 5.79. The quantitative estimate of drug-likeness (QED) is 0.722. The van der Waals surface area contributed by atoms with Crippen LogP contribution in [0.1, 0.15) is 17.5 Å². The number of ether oxygens (including phenoxy) is 2. The SMILES string of the molecule is COc1cc2c(cc1OC)CN1C(=O)N(CCC(=O)Nc3nccs3)C(=O)C1C2. The average molecular weight is 416 g/mol. The summed E-state index contributed by atoms with van der Waals surface area (Å²) >= 11 is 1.31. The lowest BCUT2D eigenvalue weighted by Crippen LogP contribution is -2.40. The summed E-state index contributed by atoms with van der Waals surface area (Å²) in [7, 11) is 3.11. The molecule has 0 aliphatic carbocycles. The predicted octanol–water partition coefficient (Wildman–Crippen LogP) is 1.88. The van der Waals surface area contributed by atoms with Crippen LogP contribution in [-0.4, -0.2) is 59.4 Å². The van der Waals surface area contributed by atoms with Crippen LogP contribution < -0.4 is 14.8 Å². The van der Waals surface area contributed by atoms with Crippen LogP contribution in [0.15, 0.2) is 23.7 Å². The Balaban J connectivity index is 1.46. The third-order valence-electron chi connectivity index (χ3n) is 5.10. The summed E-state index contributed by atoms with van der Waals surface area (Å²) in [6.45, 7) is 0.345. The van der Waals surface area contributed by atoms with Gasteiger partial charge in [0, 0.05) is 37.5 Å². The number of nitrogens with zero attached hydrogens (tertiary/aromatic N) is 3. The van der Waals surface area contributed by atoms with Crippen LogP contribution in [0.5, 0.6) is 11.5 Å². The molecule has 1 unspecified atom stereocenters. The molecule has 152 valence electrons. The van der Waals surface area contributed by atoms with Gasteiger partial charge in [-0.05, 0) is 23.3 Å². The lowest BCUT2D eigenvalue weighted by molar-refractivity contribution is -0.128. The minimum Gasteiger partial charge on any atom is -0.493 e. The summed E-state index contributed by atoms with van der Waals surface area (Å²) in [6, 6.07) is 2.76. The summed E-state index contributed by atoms with van der Waals surface area (Å²) in [5.74, 6) is 0.603. The molecular formula is C19H20N4O5S. The van der Waals surface area contributed by atoms with Crippen LogP contribution >= 0.6 is 11.3 Å². The van der Waals surface area contributed by atoms with Gasteiger partial charge >= 0.3 is 6.03 Å². The van der Waals surface area contributed by atoms with Crippen LogP contribution in [0.4, 0.5) is 9.93 Å². The lowest BCUT2D eigenvalue weighted by atomic mass is 9.94. The van der Waals surface area contributed by atoms with E-state index in [9.17, 15) is 14.4 Å². The van der Waals surface area contributed by atoms with E-state index in [-0.39, 0.29) is 30.8 Å². The van der Waals surface area contributed by atoms with Gasteiger partial charge in [-0.3, -0.25) is 14.5 Å². The van der Waals surface area contributed by atoms with Crippen molar-refractivity contribution in [1.29, 1.82) is 0 Å². The number of imide groups is 1. The summed E-state index contributed by atoms with van der Waals surface area (Å²) in [6.07, 6.45) is 2.02. The van der Waals surface area contributed by atoms with E-state index in [0.29, 0.717) is 29.6 Å². The first kappa shape index (κ1) is 19.2. The Bertz CT molecular complexity index is 911. The fourth-order valence-electron chi connectivity index (χ4n) is 3.65. The van der Waals surface area contributed by atoms with Gasteiger partial charge in [-0.15, -0.1) is 11.3 Å². The van der Waals surface area contributed by atoms with Gasteiger partial charge in [0.25, 0.3) is 5.91 Å². The number of rotatable bonds is 6. The number of carbonyl (C=O) groups is 3. The number of anilines is 1. The topological polar surface area (TPSA) is 101 Å². The van der Waals surface area contributed by atoms with E-state index in [4.69, 9.17) is 9.47 Å². The van der Waals surface area contributed by atoms with Crippen molar-refractivity contribution in [2.45, 2.75) is 25.4 Å². The number of hydrogen-bond acceptors (Lipinski definition) is 7. The van der Waals surface area contributed by atoms with E-state index in [2.05, 4.69) is 10.3 Å². The van der Waals surface area contributed by atoms with E-state index < -0.39 is 6.04 Å². The Morgan fingerprint density at radius 3 is 2.62 bits per heavy atom. The highest BCUT2D eigenvalue weighted by molar-refractivity contribution is 7.13. The first-order chi connectivity index (χ1) is 14.0. The number of thiazole rings is 1. The minimum atomic E-state index is -0.560. The van der Waals surface area contributed by atoms with Gasteiger partial charge in [-0.25, -0.2) is 9.78 Å². The maximum Gasteiger partial charge on any atom is 0.327 e. The Labute approximate surface area is 171 Å². The van der Waals surface area contributed by atoms with Crippen LogP contribution in [-0.2, 0) is 22.6 Å². The molecule has 3 heterocycles. The summed E-state index contributed by atoms with van der Waals surface area (Å²) in [5.41, 5.74) is 1.87. The molecule has 1 fully saturated rings. The van der Waals surface area contributed by atoms with Crippen molar-refractivity contribution >= 4 is 34.3 Å². The number of methoxy groups -OCH3 is 2. The third kappa shape index (κ3) is 3.51. The molecule has 1 aromatic carbocycles. The molecule has 1 saturated heterocycles. The highest BCUT2D eigenvalue weighted by atomic mass is 32.1. The fourth-order valence-corrected chi connectivity index (χ4v) is 4.19. The highest BCUT2D eigenvalue weighted by Crippen LogP contribution is 2.37. The van der Waals surface area contributed by atoms with E-state index in [1.807, 2.05) is 12.1 Å². The second kappa shape index (κ2) is 7.70. The van der Waals surface area contributed by atoms with Crippen molar-refractivity contribution in [1.82, 2.24) is 14.8 Å². The largest absolute Gasteiger partial charge is 0.493 e. The second-order valence-corrected chi connectivity index (χ2v) is 7.63. The Morgan fingerprint density at radius 2 is 1.97 bits per heavy atom. The molecule has 4 rings (SSSR count). The highest BCUT2D eigenvalue weighted by Gasteiger charge is 2.47. The zero-order valence-corrected chi connectivity index (χ0v) is 16.8. The van der Waals surface area contributed by atoms with E-state index >= 15 is 0 Å². The molecule has 0 radical (unpaired) electrons. The first-order valence-corrected chi connectivity index (χ1v) is 9.95. The van der Waals surface area contributed by atoms with E-state index in [0.717, 1.165) is 16.0 Å². The van der Waals surface area contributed by atoms with Crippen LogP contribution in [0.3, 0.4) is 0 Å². The summed E-state index contributed by atoms with van der Waals surface area (Å²) < 4.78 is 10.7. The summed E-state index contributed by atoms with van der Waals surface area (Å²) in [4.78, 5) is 44.4. The van der Waals surface area contributed by atoms with E-state index in [1.165, 1.54) is 11.3 Å². The molecule has 9 nitrogen and oxygen atoms in total. The number of fused-ring (bicyclic) bond motifs is 2. The maximum atomic E-state index is 12.8. The molecule has 2 aliphatic heterocycles. The molecule has 1 atom stereocenters. The van der Waals surface area contributed by atoms with Gasteiger partial charge in [0.2, 0.25) is 5.91 Å². The van der Waals surface area contributed by atoms with Crippen molar-refractivity contribution in [2.24, 2.45) is 0 Å². The average Bonchev–Trinajstić information content (AvgIpc) is 3.31. The molecule has 2 aliphatic rings. The number of amides is 4. The number of carbonyl (C=O) groups excluding carboxylic acids is 3. The number of benzene rings is 1. The predicted molar refractivity (Wildman–Crippen MR) is 105 cm³/mol. The smallest absolute Gasteiger partial charge is 0.327 e. The van der Waals surface area contributed by atoms with Gasteiger partial charge in [-0.2, -0.15) is 0 Å². The van der Waals surface area contributed by atoms with Gasteiger partial charge < -0.3 is 19.7 Å². The molecule has 2 aromatic rings. The van der Waals surface area contributed by atoms with Crippen molar-refractivity contribution in [2.75, 3.05) is 26.1 Å². The van der Waals surface area contributed by atoms with Crippen molar-refractivity contribution in [3.63, 3.8) is 0 Å². The Kier molecular flexibility index (Phi) is 5.10. The number of urea groups is 1. The Morgan fingerprint density at radius 1 is 1.24 bits per heavy atom.